The van der Waals surface area contributed by atoms with Crippen LogP contribution in [-0.4, -0.2) is 41.9 Å². The highest BCUT2D eigenvalue weighted by Gasteiger charge is 2.60. The molecule has 0 aromatic carbocycles. The summed E-state index contributed by atoms with van der Waals surface area (Å²) in [6, 6.07) is 0. The van der Waals surface area contributed by atoms with Crippen LogP contribution >= 0.6 is 0 Å². The Morgan fingerprint density at radius 3 is 2.74 bits per heavy atom. The van der Waals surface area contributed by atoms with Gasteiger partial charge >= 0.3 is 0 Å². The molecule has 4 nitrogen and oxygen atoms in total. The first-order valence-electron chi connectivity index (χ1n) is 13.1. The summed E-state index contributed by atoms with van der Waals surface area (Å²) in [6.07, 6.45) is 12.7. The standard InChI is InChI=1S/C27H44O4/c1-17(16-31-25-6-4-5-13-30-25)21-9-10-22-20-8-7-18-14-19(28)15-24(29)27(18,3)23(20)11-12-26(21,22)2/h7,17,19-25,28-29H,4-6,8-16H2,1-3H3/t17-,19-,20+,21-,22+,23+,24+,25?,26-,27+/m1/s1. The average molecular weight is 433 g/mol. The number of rotatable bonds is 4. The highest BCUT2D eigenvalue weighted by molar-refractivity contribution is 5.27. The number of hydrogen-bond donors (Lipinski definition) is 2. The van der Waals surface area contributed by atoms with Crippen LogP contribution in [0.5, 0.6) is 0 Å². The monoisotopic (exact) mass is 432 g/mol. The Kier molecular flexibility index (Phi) is 6.07. The normalized spacial score (nSPS) is 50.7. The maximum atomic E-state index is 11.1. The third kappa shape index (κ3) is 3.64. The van der Waals surface area contributed by atoms with Gasteiger partial charge in [-0.1, -0.05) is 32.4 Å². The lowest BCUT2D eigenvalue weighted by molar-refractivity contribution is -0.174. The van der Waals surface area contributed by atoms with Crippen molar-refractivity contribution in [2.45, 2.75) is 103 Å². The maximum absolute atomic E-state index is 11.1. The predicted octanol–water partition coefficient (Wildman–Crippen LogP) is 5.08. The van der Waals surface area contributed by atoms with Crippen LogP contribution in [0.4, 0.5) is 0 Å². The molecule has 5 rings (SSSR count). The van der Waals surface area contributed by atoms with Crippen LogP contribution in [0.25, 0.3) is 0 Å². The lowest BCUT2D eigenvalue weighted by Gasteiger charge is -2.59. The number of allylic oxidation sites excluding steroid dienone is 1. The smallest absolute Gasteiger partial charge is 0.157 e. The Hall–Kier alpha value is -0.420. The number of fused-ring (bicyclic) bond motifs is 5. The van der Waals surface area contributed by atoms with Gasteiger partial charge in [0.1, 0.15) is 0 Å². The lowest BCUT2D eigenvalue weighted by atomic mass is 9.46. The lowest BCUT2D eigenvalue weighted by Crippen LogP contribution is -2.55. The minimum absolute atomic E-state index is 0.0157. The van der Waals surface area contributed by atoms with Gasteiger partial charge in [-0.3, -0.25) is 0 Å². The highest BCUT2D eigenvalue weighted by atomic mass is 16.7. The van der Waals surface area contributed by atoms with E-state index in [4.69, 9.17) is 9.47 Å². The molecule has 4 heteroatoms. The number of aliphatic hydroxyl groups excluding tert-OH is 2. The van der Waals surface area contributed by atoms with Gasteiger partial charge in [-0.25, -0.2) is 0 Å². The summed E-state index contributed by atoms with van der Waals surface area (Å²) < 4.78 is 12.0. The van der Waals surface area contributed by atoms with Crippen LogP contribution in [0.15, 0.2) is 11.6 Å². The number of hydrogen-bond acceptors (Lipinski definition) is 4. The fourth-order valence-corrected chi connectivity index (χ4v) is 8.89. The van der Waals surface area contributed by atoms with Gasteiger partial charge in [-0.05, 0) is 92.8 Å². The van der Waals surface area contributed by atoms with E-state index in [9.17, 15) is 10.2 Å². The molecular weight excluding hydrogens is 388 g/mol. The average Bonchev–Trinajstić information content (AvgIpc) is 3.11. The summed E-state index contributed by atoms with van der Waals surface area (Å²) in [7, 11) is 0. The second-order valence-corrected chi connectivity index (χ2v) is 12.1. The first kappa shape index (κ1) is 22.4. The second kappa shape index (κ2) is 8.42. The number of ether oxygens (including phenoxy) is 2. The quantitative estimate of drug-likeness (QED) is 0.609. The van der Waals surface area contributed by atoms with Crippen molar-refractivity contribution in [1.82, 2.24) is 0 Å². The second-order valence-electron chi connectivity index (χ2n) is 12.1. The van der Waals surface area contributed by atoms with E-state index in [2.05, 4.69) is 26.8 Å². The van der Waals surface area contributed by atoms with Gasteiger partial charge in [-0.15, -0.1) is 0 Å². The topological polar surface area (TPSA) is 58.9 Å². The first-order valence-corrected chi connectivity index (χ1v) is 13.1. The van der Waals surface area contributed by atoms with Crippen LogP contribution in [0.3, 0.4) is 0 Å². The van der Waals surface area contributed by atoms with E-state index < -0.39 is 6.10 Å². The van der Waals surface area contributed by atoms with Gasteiger partial charge in [0, 0.05) is 18.4 Å². The highest BCUT2D eigenvalue weighted by Crippen LogP contribution is 2.67. The van der Waals surface area contributed by atoms with Crippen molar-refractivity contribution < 1.29 is 19.7 Å². The van der Waals surface area contributed by atoms with E-state index in [0.717, 1.165) is 44.3 Å². The molecule has 1 aliphatic heterocycles. The molecule has 5 aliphatic rings. The zero-order chi connectivity index (χ0) is 21.8. The Morgan fingerprint density at radius 1 is 1.13 bits per heavy atom. The molecule has 2 N–H and O–H groups in total. The first-order chi connectivity index (χ1) is 14.8. The van der Waals surface area contributed by atoms with Gasteiger partial charge in [0.2, 0.25) is 0 Å². The zero-order valence-corrected chi connectivity index (χ0v) is 19.9. The Labute approximate surface area is 188 Å². The summed E-state index contributed by atoms with van der Waals surface area (Å²) in [5, 5.41) is 21.3. The third-order valence-electron chi connectivity index (χ3n) is 10.6. The minimum Gasteiger partial charge on any atom is -0.393 e. The SMILES string of the molecule is C[C@H](COC1CCCCO1)[C@H]1CC[C@H]2[C@@H]3CC=C4C[C@@H](O)C[C@H](O)[C@]4(C)[C@H]3CC[C@]12C. The van der Waals surface area contributed by atoms with Gasteiger partial charge in [0.05, 0.1) is 18.8 Å². The molecule has 4 aliphatic carbocycles. The summed E-state index contributed by atoms with van der Waals surface area (Å²) in [5.74, 6) is 3.28. The number of aliphatic hydroxyl groups is 2. The summed E-state index contributed by atoms with van der Waals surface area (Å²) >= 11 is 0. The van der Waals surface area contributed by atoms with Crippen LogP contribution in [-0.2, 0) is 9.47 Å². The van der Waals surface area contributed by atoms with Gasteiger partial charge in [0.25, 0.3) is 0 Å². The van der Waals surface area contributed by atoms with Gasteiger partial charge in [0.15, 0.2) is 6.29 Å². The van der Waals surface area contributed by atoms with Crippen molar-refractivity contribution in [2.24, 2.45) is 40.4 Å². The van der Waals surface area contributed by atoms with E-state index in [1.54, 1.807) is 0 Å². The van der Waals surface area contributed by atoms with E-state index >= 15 is 0 Å². The van der Waals surface area contributed by atoms with Gasteiger partial charge < -0.3 is 19.7 Å². The van der Waals surface area contributed by atoms with E-state index in [1.165, 1.54) is 44.1 Å². The molecule has 0 aromatic rings. The summed E-state index contributed by atoms with van der Waals surface area (Å²) in [5.41, 5.74) is 1.60. The van der Waals surface area contributed by atoms with Crippen LogP contribution < -0.4 is 0 Å². The molecule has 4 fully saturated rings. The maximum Gasteiger partial charge on any atom is 0.157 e. The molecular formula is C27H44O4. The molecule has 3 saturated carbocycles. The molecule has 1 heterocycles. The molecule has 0 bridgehead atoms. The van der Waals surface area contributed by atoms with Crippen molar-refractivity contribution in [1.29, 1.82) is 0 Å². The van der Waals surface area contributed by atoms with Crippen LogP contribution in [0.1, 0.15) is 85.0 Å². The third-order valence-corrected chi connectivity index (χ3v) is 10.6. The molecule has 10 atom stereocenters. The van der Waals surface area contributed by atoms with Crippen LogP contribution in [0.2, 0.25) is 0 Å². The molecule has 0 aromatic heterocycles. The molecule has 0 spiro atoms. The van der Waals surface area contributed by atoms with E-state index in [-0.39, 0.29) is 17.8 Å². The Bertz CT molecular complexity index is 685. The summed E-state index contributed by atoms with van der Waals surface area (Å²) in [6.45, 7) is 8.95. The van der Waals surface area contributed by atoms with Crippen molar-refractivity contribution in [2.75, 3.05) is 13.2 Å². The van der Waals surface area contributed by atoms with Crippen molar-refractivity contribution in [3.8, 4) is 0 Å². The van der Waals surface area contributed by atoms with Crippen molar-refractivity contribution in [3.63, 3.8) is 0 Å². The Morgan fingerprint density at radius 2 is 1.97 bits per heavy atom. The summed E-state index contributed by atoms with van der Waals surface area (Å²) in [4.78, 5) is 0. The molecule has 31 heavy (non-hydrogen) atoms. The van der Waals surface area contributed by atoms with Crippen LogP contribution in [0, 0.1) is 40.4 Å². The van der Waals surface area contributed by atoms with Crippen molar-refractivity contribution in [3.05, 3.63) is 11.6 Å². The Balaban J connectivity index is 1.30. The molecule has 1 unspecified atom stereocenters. The minimum atomic E-state index is -0.403. The largest absolute Gasteiger partial charge is 0.393 e. The predicted molar refractivity (Wildman–Crippen MR) is 121 cm³/mol. The molecule has 0 amide bonds. The zero-order valence-electron chi connectivity index (χ0n) is 19.9. The molecule has 0 radical (unpaired) electrons. The van der Waals surface area contributed by atoms with E-state index in [1.807, 2.05) is 0 Å². The molecule has 1 saturated heterocycles. The fraction of sp³-hybridized carbons (Fsp3) is 0.926. The fourth-order valence-electron chi connectivity index (χ4n) is 8.89. The molecule has 176 valence electrons. The van der Waals surface area contributed by atoms with Gasteiger partial charge in [-0.2, -0.15) is 0 Å². The van der Waals surface area contributed by atoms with E-state index in [0.29, 0.717) is 29.6 Å². The van der Waals surface area contributed by atoms with Crippen molar-refractivity contribution >= 4 is 0 Å².